The summed E-state index contributed by atoms with van der Waals surface area (Å²) in [5.41, 5.74) is -0.765. The predicted molar refractivity (Wildman–Crippen MR) is 91.9 cm³/mol. The van der Waals surface area contributed by atoms with Gasteiger partial charge in [0.25, 0.3) is 0 Å². The van der Waals surface area contributed by atoms with Gasteiger partial charge in [-0.05, 0) is 45.4 Å². The summed E-state index contributed by atoms with van der Waals surface area (Å²) < 4.78 is 5.30. The van der Waals surface area contributed by atoms with Gasteiger partial charge in [-0.25, -0.2) is 4.79 Å². The molecule has 1 amide bonds. The van der Waals surface area contributed by atoms with Crippen LogP contribution in [0.2, 0.25) is 0 Å². The highest BCUT2D eigenvalue weighted by atomic mass is 16.6. The quantitative estimate of drug-likeness (QED) is 0.664. The lowest BCUT2D eigenvalue weighted by Crippen LogP contribution is -2.43. The van der Waals surface area contributed by atoms with Crippen molar-refractivity contribution in [1.29, 1.82) is 0 Å². The number of hydrogen-bond donors (Lipinski definition) is 2. The van der Waals surface area contributed by atoms with Crippen molar-refractivity contribution in [1.82, 2.24) is 5.32 Å². The Morgan fingerprint density at radius 2 is 1.77 bits per heavy atom. The Morgan fingerprint density at radius 3 is 2.18 bits per heavy atom. The smallest absolute Gasteiger partial charge is 0.407 e. The van der Waals surface area contributed by atoms with Crippen molar-refractivity contribution < 1.29 is 14.6 Å². The molecule has 132 valence electrons. The number of aliphatic hydroxyl groups is 1. The van der Waals surface area contributed by atoms with Crippen molar-refractivity contribution in [2.24, 2.45) is 17.3 Å². The molecule has 4 nitrogen and oxygen atoms in total. The zero-order valence-electron chi connectivity index (χ0n) is 15.7. The summed E-state index contributed by atoms with van der Waals surface area (Å²) in [6.45, 7) is 14.8. The van der Waals surface area contributed by atoms with Crippen LogP contribution in [0.4, 0.5) is 4.79 Å². The molecule has 2 N–H and O–H groups in total. The number of carbonyl (C=O) groups is 1. The molecule has 22 heavy (non-hydrogen) atoms. The van der Waals surface area contributed by atoms with Crippen molar-refractivity contribution in [2.75, 3.05) is 13.2 Å². The van der Waals surface area contributed by atoms with Gasteiger partial charge in [0, 0.05) is 12.0 Å². The molecule has 2 atom stereocenters. The predicted octanol–water partition coefficient (Wildman–Crippen LogP) is 4.36. The molecule has 0 aliphatic carbocycles. The highest BCUT2D eigenvalue weighted by Crippen LogP contribution is 2.34. The molecule has 0 bridgehead atoms. The summed E-state index contributed by atoms with van der Waals surface area (Å²) in [5.74, 6) is 1.01. The molecular weight excluding hydrogens is 278 g/mol. The molecule has 0 saturated carbocycles. The minimum absolute atomic E-state index is 0.0923. The number of carbonyl (C=O) groups excluding carboxylic acids is 1. The van der Waals surface area contributed by atoms with Gasteiger partial charge in [0.2, 0.25) is 0 Å². The van der Waals surface area contributed by atoms with E-state index in [2.05, 4.69) is 33.0 Å². The monoisotopic (exact) mass is 315 g/mol. The summed E-state index contributed by atoms with van der Waals surface area (Å²) in [7, 11) is 0. The summed E-state index contributed by atoms with van der Waals surface area (Å²) in [6, 6.07) is 0. The van der Waals surface area contributed by atoms with Crippen molar-refractivity contribution in [3.05, 3.63) is 0 Å². The van der Waals surface area contributed by atoms with Gasteiger partial charge in [0.15, 0.2) is 0 Å². The maximum atomic E-state index is 11.9. The van der Waals surface area contributed by atoms with Crippen LogP contribution in [0.1, 0.15) is 74.1 Å². The van der Waals surface area contributed by atoms with Crippen LogP contribution in [-0.2, 0) is 4.74 Å². The van der Waals surface area contributed by atoms with Crippen LogP contribution in [0.5, 0.6) is 0 Å². The molecule has 0 aromatic heterocycles. The Morgan fingerprint density at radius 1 is 1.18 bits per heavy atom. The number of nitrogens with one attached hydrogen (secondary N) is 1. The number of hydrogen-bond acceptors (Lipinski definition) is 3. The first-order chi connectivity index (χ1) is 10.0. The molecule has 2 unspecified atom stereocenters. The highest BCUT2D eigenvalue weighted by Gasteiger charge is 2.33. The second-order valence-corrected chi connectivity index (χ2v) is 8.21. The zero-order chi connectivity index (χ0) is 17.4. The maximum absolute atomic E-state index is 11.9. The minimum atomic E-state index is -0.500. The van der Waals surface area contributed by atoms with Gasteiger partial charge in [-0.2, -0.15) is 0 Å². The summed E-state index contributed by atoms with van der Waals surface area (Å²) >= 11 is 0. The van der Waals surface area contributed by atoms with Crippen molar-refractivity contribution >= 4 is 6.09 Å². The van der Waals surface area contributed by atoms with Crippen molar-refractivity contribution in [3.8, 4) is 0 Å². The third kappa shape index (κ3) is 9.29. The molecule has 0 spiro atoms. The third-order valence-corrected chi connectivity index (χ3v) is 3.75. The van der Waals surface area contributed by atoms with Crippen LogP contribution in [0.25, 0.3) is 0 Å². The van der Waals surface area contributed by atoms with E-state index in [-0.39, 0.29) is 12.0 Å². The number of ether oxygens (including phenoxy) is 1. The lowest BCUT2D eigenvalue weighted by Gasteiger charge is -2.36. The summed E-state index contributed by atoms with van der Waals surface area (Å²) in [4.78, 5) is 11.9. The Labute approximate surface area is 137 Å². The summed E-state index contributed by atoms with van der Waals surface area (Å²) in [5, 5.41) is 12.9. The highest BCUT2D eigenvalue weighted by molar-refractivity contribution is 5.67. The number of alkyl carbamates (subject to hydrolysis) is 1. The fourth-order valence-electron chi connectivity index (χ4n) is 3.19. The Bertz CT molecular complexity index is 323. The molecule has 0 rings (SSSR count). The number of aliphatic hydroxyl groups excluding tert-OH is 1. The van der Waals surface area contributed by atoms with Gasteiger partial charge >= 0.3 is 6.09 Å². The van der Waals surface area contributed by atoms with Crippen molar-refractivity contribution in [3.63, 3.8) is 0 Å². The van der Waals surface area contributed by atoms with E-state index in [9.17, 15) is 9.90 Å². The van der Waals surface area contributed by atoms with Crippen LogP contribution in [0.15, 0.2) is 0 Å². The standard InChI is InChI=1S/C18H37NO3/c1-8-9-15(4)11-18(13-20,10-14(2)3)12-19-16(21)22-17(5,6)7/h14-15,20H,8-13H2,1-7H3,(H,19,21). The van der Waals surface area contributed by atoms with Crippen LogP contribution in [0, 0.1) is 17.3 Å². The largest absolute Gasteiger partial charge is 0.444 e. The van der Waals surface area contributed by atoms with Crippen LogP contribution < -0.4 is 5.32 Å². The molecule has 0 aliphatic heterocycles. The lowest BCUT2D eigenvalue weighted by molar-refractivity contribution is 0.0391. The van der Waals surface area contributed by atoms with Crippen molar-refractivity contribution in [2.45, 2.75) is 79.8 Å². The van der Waals surface area contributed by atoms with Crippen LogP contribution in [0.3, 0.4) is 0 Å². The van der Waals surface area contributed by atoms with Gasteiger partial charge in [-0.3, -0.25) is 0 Å². The molecule has 0 radical (unpaired) electrons. The number of amides is 1. The van der Waals surface area contributed by atoms with Crippen LogP contribution >= 0.6 is 0 Å². The Balaban J connectivity index is 4.80. The van der Waals surface area contributed by atoms with Gasteiger partial charge in [0.1, 0.15) is 5.60 Å². The Hall–Kier alpha value is -0.770. The van der Waals surface area contributed by atoms with E-state index in [1.165, 1.54) is 0 Å². The second-order valence-electron chi connectivity index (χ2n) is 8.21. The topological polar surface area (TPSA) is 58.6 Å². The SMILES string of the molecule is CCCC(C)CC(CO)(CNC(=O)OC(C)(C)C)CC(C)C. The first kappa shape index (κ1) is 21.2. The second kappa shape index (κ2) is 9.39. The number of rotatable bonds is 9. The fraction of sp³-hybridized carbons (Fsp3) is 0.944. The van der Waals surface area contributed by atoms with E-state index in [0.717, 1.165) is 25.7 Å². The Kier molecular flexibility index (Phi) is 9.06. The molecule has 0 aromatic rings. The van der Waals surface area contributed by atoms with Gasteiger partial charge in [-0.15, -0.1) is 0 Å². The fourth-order valence-corrected chi connectivity index (χ4v) is 3.19. The first-order valence-electron chi connectivity index (χ1n) is 8.61. The van der Waals surface area contributed by atoms with E-state index in [4.69, 9.17) is 4.74 Å². The molecule has 0 aromatic carbocycles. The van der Waals surface area contributed by atoms with E-state index >= 15 is 0 Å². The van der Waals surface area contributed by atoms with Gasteiger partial charge in [0.05, 0.1) is 6.61 Å². The average molecular weight is 315 g/mol. The van der Waals surface area contributed by atoms with E-state index < -0.39 is 11.7 Å². The van der Waals surface area contributed by atoms with Gasteiger partial charge in [-0.1, -0.05) is 40.5 Å². The van der Waals surface area contributed by atoms with E-state index in [1.54, 1.807) is 0 Å². The lowest BCUT2D eigenvalue weighted by atomic mass is 9.73. The minimum Gasteiger partial charge on any atom is -0.444 e. The molecule has 4 heteroatoms. The van der Waals surface area contributed by atoms with Gasteiger partial charge < -0.3 is 15.2 Å². The first-order valence-corrected chi connectivity index (χ1v) is 8.61. The van der Waals surface area contributed by atoms with E-state index in [0.29, 0.717) is 18.4 Å². The average Bonchev–Trinajstić information content (AvgIpc) is 2.33. The maximum Gasteiger partial charge on any atom is 0.407 e. The molecule has 0 heterocycles. The molecular formula is C18H37NO3. The van der Waals surface area contributed by atoms with Crippen LogP contribution in [-0.4, -0.2) is 30.0 Å². The molecule has 0 fully saturated rings. The summed E-state index contributed by atoms with van der Waals surface area (Å²) in [6.07, 6.45) is 3.70. The third-order valence-electron chi connectivity index (χ3n) is 3.75. The zero-order valence-corrected chi connectivity index (χ0v) is 15.7. The molecule has 0 saturated heterocycles. The molecule has 0 aliphatic rings. The normalized spacial score (nSPS) is 16.2. The van der Waals surface area contributed by atoms with E-state index in [1.807, 2.05) is 20.8 Å².